The number of rotatable bonds is 22. The zero-order valence-corrected chi connectivity index (χ0v) is 34.8. The van der Waals surface area contributed by atoms with Crippen molar-refractivity contribution in [3.8, 4) is 0 Å². The largest absolute Gasteiger partial charge is 0.455 e. The highest BCUT2D eigenvalue weighted by molar-refractivity contribution is 5.91. The Balaban J connectivity index is 2.39. The van der Waals surface area contributed by atoms with E-state index in [0.29, 0.717) is 50.7 Å². The van der Waals surface area contributed by atoms with Crippen molar-refractivity contribution < 1.29 is 85.7 Å². The van der Waals surface area contributed by atoms with Gasteiger partial charge in [0.25, 0.3) is 0 Å². The van der Waals surface area contributed by atoms with Crippen LogP contribution in [-0.4, -0.2) is 109 Å². The predicted molar refractivity (Wildman–Crippen MR) is 199 cm³/mol. The number of hydrogen-bond donors (Lipinski definition) is 0. The Morgan fingerprint density at radius 3 is 0.828 bits per heavy atom. The molecule has 0 N–H and O–H groups in total. The summed E-state index contributed by atoms with van der Waals surface area (Å²) in [6.45, 7) is 13.5. The third-order valence-corrected chi connectivity index (χ3v) is 8.60. The van der Waals surface area contributed by atoms with Crippen LogP contribution in [0.3, 0.4) is 0 Å². The fourth-order valence-electron chi connectivity index (χ4n) is 5.91. The summed E-state index contributed by atoms with van der Waals surface area (Å²) in [5, 5.41) is 0. The fourth-order valence-corrected chi connectivity index (χ4v) is 5.91. The lowest BCUT2D eigenvalue weighted by Crippen LogP contribution is -2.61. The third-order valence-electron chi connectivity index (χ3n) is 8.60. The highest BCUT2D eigenvalue weighted by atomic mass is 16.8. The maximum Gasteiger partial charge on any atom is 0.333 e. The van der Waals surface area contributed by atoms with Crippen LogP contribution >= 0.6 is 0 Å². The van der Waals surface area contributed by atoms with Crippen molar-refractivity contribution in [2.45, 2.75) is 194 Å². The van der Waals surface area contributed by atoms with Gasteiger partial charge in [-0.2, -0.15) is 0 Å². The Hall–Kier alpha value is -4.58. The molecule has 58 heavy (non-hydrogen) atoms. The average Bonchev–Trinajstić information content (AvgIpc) is 3.14. The van der Waals surface area contributed by atoms with E-state index in [2.05, 4.69) is 0 Å². The van der Waals surface area contributed by atoms with E-state index in [-0.39, 0.29) is 38.5 Å². The summed E-state index contributed by atoms with van der Waals surface area (Å²) in [5.74, 6) is -6.47. The van der Waals surface area contributed by atoms with Crippen molar-refractivity contribution in [2.24, 2.45) is 0 Å². The van der Waals surface area contributed by atoms with Gasteiger partial charge in [0.1, 0.15) is 0 Å². The second kappa shape index (κ2) is 25.7. The zero-order chi connectivity index (χ0) is 43.4. The molecule has 18 heteroatoms. The van der Waals surface area contributed by atoms with Crippen molar-refractivity contribution in [3.63, 3.8) is 0 Å². The van der Waals surface area contributed by atoms with Gasteiger partial charge >= 0.3 is 47.8 Å². The number of carbonyl (C=O) groups is 8. The summed E-state index contributed by atoms with van der Waals surface area (Å²) in [7, 11) is 0. The van der Waals surface area contributed by atoms with Gasteiger partial charge in [-0.15, -0.1) is 0 Å². The monoisotopic (exact) mass is 828 g/mol. The summed E-state index contributed by atoms with van der Waals surface area (Å²) in [4.78, 5) is 102. The molecule has 2 rings (SSSR count). The topological polar surface area (TPSA) is 229 Å². The van der Waals surface area contributed by atoms with Crippen LogP contribution in [0.2, 0.25) is 0 Å². The summed E-state index contributed by atoms with van der Waals surface area (Å²) >= 11 is 0. The van der Waals surface area contributed by atoms with Crippen LogP contribution in [0.15, 0.2) is 12.2 Å². The Morgan fingerprint density at radius 1 is 0.362 bits per heavy atom. The van der Waals surface area contributed by atoms with Gasteiger partial charge in [0.05, 0.1) is 12.2 Å². The van der Waals surface area contributed by atoms with Crippen LogP contribution in [0, 0.1) is 0 Å². The molecule has 18 nitrogen and oxygen atoms in total. The van der Waals surface area contributed by atoms with Gasteiger partial charge in [0.2, 0.25) is 24.8 Å². The first-order valence-electron chi connectivity index (χ1n) is 20.2. The maximum absolute atomic E-state index is 13.2. The van der Waals surface area contributed by atoms with E-state index in [4.69, 9.17) is 47.4 Å². The lowest BCUT2D eigenvalue weighted by molar-refractivity contribution is -0.293. The molecule has 0 aromatic rings. The summed E-state index contributed by atoms with van der Waals surface area (Å²) in [5.41, 5.74) is 0. The zero-order valence-electron chi connectivity index (χ0n) is 34.8. The van der Waals surface area contributed by atoms with Crippen molar-refractivity contribution in [1.29, 1.82) is 0 Å². The van der Waals surface area contributed by atoms with Gasteiger partial charge in [-0.3, -0.25) is 28.8 Å². The second-order valence-corrected chi connectivity index (χ2v) is 13.9. The predicted octanol–water partition coefficient (Wildman–Crippen LogP) is 4.39. The van der Waals surface area contributed by atoms with Crippen LogP contribution in [0.25, 0.3) is 0 Å². The highest BCUT2D eigenvalue weighted by Crippen LogP contribution is 2.32. The van der Waals surface area contributed by atoms with E-state index in [9.17, 15) is 38.4 Å². The first kappa shape index (κ1) is 49.6. The van der Waals surface area contributed by atoms with Gasteiger partial charge in [-0.25, -0.2) is 9.59 Å². The molecule has 0 radical (unpaired) electrons. The van der Waals surface area contributed by atoms with Gasteiger partial charge < -0.3 is 47.4 Å². The Labute approximate surface area is 339 Å². The average molecular weight is 829 g/mol. The van der Waals surface area contributed by atoms with Crippen LogP contribution in [0.4, 0.5) is 0 Å². The van der Waals surface area contributed by atoms with Gasteiger partial charge in [-0.1, -0.05) is 41.5 Å². The molecule has 0 aromatic heterocycles. The van der Waals surface area contributed by atoms with Crippen molar-refractivity contribution in [3.05, 3.63) is 12.2 Å². The minimum atomic E-state index is -1.69. The fraction of sp³-hybridized carbons (Fsp3) is 0.750. The Kier molecular flexibility index (Phi) is 22.0. The molecule has 0 aliphatic carbocycles. The third kappa shape index (κ3) is 16.0. The van der Waals surface area contributed by atoms with Crippen LogP contribution < -0.4 is 0 Å². The molecule has 2 heterocycles. The van der Waals surface area contributed by atoms with Crippen LogP contribution in [0.1, 0.15) is 132 Å². The van der Waals surface area contributed by atoms with Crippen LogP contribution in [-0.2, 0) is 85.7 Å². The molecular weight excluding hydrogens is 768 g/mol. The molecular formula is C40H60O18. The quantitative estimate of drug-likeness (QED) is 0.0837. The first-order valence-corrected chi connectivity index (χ1v) is 20.2. The van der Waals surface area contributed by atoms with E-state index in [1.807, 2.05) is 0 Å². The van der Waals surface area contributed by atoms with E-state index in [0.717, 1.165) is 0 Å². The molecule has 2 aliphatic heterocycles. The molecule has 0 amide bonds. The Morgan fingerprint density at radius 2 is 0.586 bits per heavy atom. The number of esters is 8. The van der Waals surface area contributed by atoms with Gasteiger partial charge in [-0.05, 0) is 52.4 Å². The van der Waals surface area contributed by atoms with Gasteiger partial charge in [0, 0.05) is 50.7 Å². The number of ether oxygens (including phenoxy) is 10. The molecule has 0 aromatic carbocycles. The maximum atomic E-state index is 13.2. The standard InChI is InChI=1S/C40H60O18/c1-9-15-25(41)51-33-23(7)49-39(37(55-29(45)19-13-5)35(33)53-27(43)17-11-3)57-31(47)21-22-32(48)58-40-38(56-30(46)20-14-6)36(54-28(44)18-12-4)34(24(8)50-40)52-26(42)16-10-2/h21-24,33-40H,9-20H2,1-8H3/b22-21+/t23-,24-,33+,34+,35+,36+,37-,38-,39-,40-/m0/s1. The minimum Gasteiger partial charge on any atom is -0.455 e. The molecule has 0 spiro atoms. The molecule has 2 saturated heterocycles. The number of hydrogen-bond acceptors (Lipinski definition) is 18. The van der Waals surface area contributed by atoms with Crippen LogP contribution in [0.5, 0.6) is 0 Å². The molecule has 328 valence electrons. The van der Waals surface area contributed by atoms with E-state index in [1.54, 1.807) is 41.5 Å². The minimum absolute atomic E-state index is 0.0129. The second-order valence-electron chi connectivity index (χ2n) is 13.9. The Bertz CT molecular complexity index is 1320. The molecule has 0 saturated carbocycles. The summed E-state index contributed by atoms with van der Waals surface area (Å²) in [6, 6.07) is 0. The SMILES string of the molecule is CCCC(=O)O[C@H]1[C@H](OC(=O)CCC)[C@H](OC(=O)/C=C/C(=O)O[C@@H]2O[C@@H](C)[C@@H](OC(=O)CCC)[C@@H](OC(=O)CCC)[C@@H]2OC(=O)CCC)O[C@@H](C)[C@H]1OC(=O)CCC. The summed E-state index contributed by atoms with van der Waals surface area (Å²) in [6.07, 6.45) is -10.1. The molecule has 10 atom stereocenters. The first-order chi connectivity index (χ1) is 27.6. The van der Waals surface area contributed by atoms with Crippen molar-refractivity contribution >= 4 is 47.8 Å². The lowest BCUT2D eigenvalue weighted by Gasteiger charge is -2.43. The van der Waals surface area contributed by atoms with E-state index < -0.39 is 109 Å². The molecule has 2 aliphatic rings. The molecule has 2 fully saturated rings. The van der Waals surface area contributed by atoms with Gasteiger partial charge in [0.15, 0.2) is 24.4 Å². The number of carbonyl (C=O) groups excluding carboxylic acids is 8. The lowest BCUT2D eigenvalue weighted by atomic mass is 9.98. The van der Waals surface area contributed by atoms with E-state index >= 15 is 0 Å². The highest BCUT2D eigenvalue weighted by Gasteiger charge is 2.54. The molecule has 0 bridgehead atoms. The summed E-state index contributed by atoms with van der Waals surface area (Å²) < 4.78 is 56.4. The normalized spacial score (nSPS) is 26.8. The van der Waals surface area contributed by atoms with Crippen molar-refractivity contribution in [2.75, 3.05) is 0 Å². The smallest absolute Gasteiger partial charge is 0.333 e. The molecule has 0 unspecified atom stereocenters. The van der Waals surface area contributed by atoms with Crippen molar-refractivity contribution in [1.82, 2.24) is 0 Å². The van der Waals surface area contributed by atoms with E-state index in [1.165, 1.54) is 13.8 Å².